The first-order valence-electron chi connectivity index (χ1n) is 6.84. The number of non-ortho nitro benzene ring substituents is 1. The Hall–Kier alpha value is -1.76. The molecule has 21 heavy (non-hydrogen) atoms. The molecule has 1 unspecified atom stereocenters. The predicted molar refractivity (Wildman–Crippen MR) is 87.2 cm³/mol. The highest BCUT2D eigenvalue weighted by Crippen LogP contribution is 2.22. The second-order valence-electron chi connectivity index (χ2n) is 4.60. The third-order valence-electron chi connectivity index (χ3n) is 3.00. The molecule has 0 aliphatic rings. The van der Waals surface area contributed by atoms with Crippen molar-refractivity contribution in [3.63, 3.8) is 0 Å². The second-order valence-corrected chi connectivity index (χ2v) is 5.99. The minimum atomic E-state index is -0.502. The van der Waals surface area contributed by atoms with Crippen molar-refractivity contribution in [3.05, 3.63) is 33.9 Å². The third kappa shape index (κ3) is 5.26. The van der Waals surface area contributed by atoms with E-state index < -0.39 is 4.92 Å². The molecule has 6 nitrogen and oxygen atoms in total. The van der Waals surface area contributed by atoms with Gasteiger partial charge in [0.25, 0.3) is 11.6 Å². The minimum Gasteiger partial charge on any atom is -0.387 e. The number of hydrogen-bond acceptors (Lipinski definition) is 5. The van der Waals surface area contributed by atoms with Gasteiger partial charge >= 0.3 is 0 Å². The molecule has 7 heteroatoms. The van der Waals surface area contributed by atoms with Crippen LogP contribution in [0.5, 0.6) is 0 Å². The molecular weight excluding hydrogens is 290 g/mol. The van der Waals surface area contributed by atoms with Crippen molar-refractivity contribution in [2.75, 3.05) is 23.9 Å². The van der Waals surface area contributed by atoms with Crippen LogP contribution >= 0.6 is 11.8 Å². The van der Waals surface area contributed by atoms with Crippen LogP contribution in [0.2, 0.25) is 0 Å². The van der Waals surface area contributed by atoms with E-state index in [2.05, 4.69) is 17.6 Å². The Morgan fingerprint density at radius 2 is 2.19 bits per heavy atom. The van der Waals surface area contributed by atoms with Gasteiger partial charge < -0.3 is 10.6 Å². The summed E-state index contributed by atoms with van der Waals surface area (Å²) in [5.74, 6) is 1.73. The number of nitrogens with zero attached hydrogens (tertiary/aromatic N) is 1. The van der Waals surface area contributed by atoms with E-state index in [9.17, 15) is 14.9 Å². The highest BCUT2D eigenvalue weighted by atomic mass is 32.2. The molecule has 2 N–H and O–H groups in total. The minimum absolute atomic E-state index is 0.0283. The third-order valence-corrected chi connectivity index (χ3v) is 3.94. The number of rotatable bonds is 8. The zero-order valence-corrected chi connectivity index (χ0v) is 13.3. The molecule has 1 aromatic rings. The van der Waals surface area contributed by atoms with Gasteiger partial charge in [-0.3, -0.25) is 14.9 Å². The molecule has 0 bridgehead atoms. The van der Waals surface area contributed by atoms with Gasteiger partial charge in [-0.2, -0.15) is 11.8 Å². The second kappa shape index (κ2) is 8.51. The van der Waals surface area contributed by atoms with Gasteiger partial charge in [0, 0.05) is 30.9 Å². The average Bonchev–Trinajstić information content (AvgIpc) is 2.46. The zero-order valence-electron chi connectivity index (χ0n) is 12.5. The summed E-state index contributed by atoms with van der Waals surface area (Å²) in [5, 5.41) is 16.6. The summed E-state index contributed by atoms with van der Waals surface area (Å²) >= 11 is 1.82. The summed E-state index contributed by atoms with van der Waals surface area (Å²) in [6, 6.07) is 4.25. The normalized spacial score (nSPS) is 11.8. The lowest BCUT2D eigenvalue weighted by atomic mass is 10.1. The van der Waals surface area contributed by atoms with Gasteiger partial charge in [0.1, 0.15) is 0 Å². The molecule has 1 rings (SSSR count). The first-order valence-corrected chi connectivity index (χ1v) is 7.99. The zero-order chi connectivity index (χ0) is 15.8. The van der Waals surface area contributed by atoms with Gasteiger partial charge in [0.2, 0.25) is 0 Å². The van der Waals surface area contributed by atoms with Gasteiger partial charge in [0.15, 0.2) is 0 Å². The number of thioether (sulfide) groups is 1. The number of hydrogen-bond donors (Lipinski definition) is 2. The molecular formula is C14H21N3O3S. The van der Waals surface area contributed by atoms with Crippen LogP contribution in [0.4, 0.5) is 11.4 Å². The van der Waals surface area contributed by atoms with E-state index in [0.717, 1.165) is 17.9 Å². The molecule has 0 saturated heterocycles. The fourth-order valence-corrected chi connectivity index (χ4v) is 2.64. The van der Waals surface area contributed by atoms with Gasteiger partial charge in [-0.05, 0) is 30.9 Å². The number of anilines is 1. The van der Waals surface area contributed by atoms with Crippen LogP contribution in [0, 0.1) is 10.1 Å². The number of amides is 1. The first kappa shape index (κ1) is 17.3. The van der Waals surface area contributed by atoms with E-state index in [1.807, 2.05) is 18.7 Å². The first-order chi connectivity index (χ1) is 9.99. The molecule has 116 valence electrons. The predicted octanol–water partition coefficient (Wildman–Crippen LogP) is 2.90. The molecule has 0 heterocycles. The van der Waals surface area contributed by atoms with Crippen LogP contribution in [0.3, 0.4) is 0 Å². The van der Waals surface area contributed by atoms with E-state index in [1.54, 1.807) is 13.1 Å². The summed E-state index contributed by atoms with van der Waals surface area (Å²) in [5.41, 5.74) is 0.781. The summed E-state index contributed by atoms with van der Waals surface area (Å²) in [4.78, 5) is 22.6. The molecule has 0 saturated carbocycles. The summed E-state index contributed by atoms with van der Waals surface area (Å²) in [6.07, 6.45) is 0.869. The maximum atomic E-state index is 12.3. The van der Waals surface area contributed by atoms with Crippen LogP contribution in [0.15, 0.2) is 18.2 Å². The Morgan fingerprint density at radius 3 is 2.76 bits per heavy atom. The van der Waals surface area contributed by atoms with Crippen LogP contribution in [0.1, 0.15) is 30.6 Å². The van der Waals surface area contributed by atoms with Gasteiger partial charge in [-0.1, -0.05) is 6.92 Å². The lowest BCUT2D eigenvalue weighted by Crippen LogP contribution is -2.33. The van der Waals surface area contributed by atoms with Crippen molar-refractivity contribution < 1.29 is 9.72 Å². The maximum absolute atomic E-state index is 12.3. The van der Waals surface area contributed by atoms with Crippen molar-refractivity contribution in [3.8, 4) is 0 Å². The van der Waals surface area contributed by atoms with E-state index >= 15 is 0 Å². The van der Waals surface area contributed by atoms with Crippen LogP contribution in [-0.4, -0.2) is 35.4 Å². The standard InChI is InChI=1S/C14H21N3O3S/c1-4-21-8-7-10(2)16-14(18)12-9-11(17(19)20)5-6-13(12)15-3/h5-6,9-10,15H,4,7-8H2,1-3H3,(H,16,18). The van der Waals surface area contributed by atoms with Crippen molar-refractivity contribution in [2.24, 2.45) is 0 Å². The molecule has 0 aromatic heterocycles. The van der Waals surface area contributed by atoms with Crippen molar-refractivity contribution >= 4 is 29.0 Å². The largest absolute Gasteiger partial charge is 0.387 e. The average molecular weight is 311 g/mol. The maximum Gasteiger partial charge on any atom is 0.270 e. The lowest BCUT2D eigenvalue weighted by Gasteiger charge is -2.15. The quantitative estimate of drug-likeness (QED) is 0.438. The molecule has 0 aliphatic carbocycles. The highest BCUT2D eigenvalue weighted by molar-refractivity contribution is 7.99. The molecule has 1 atom stereocenters. The number of nitro groups is 1. The lowest BCUT2D eigenvalue weighted by molar-refractivity contribution is -0.384. The van der Waals surface area contributed by atoms with Crippen LogP contribution < -0.4 is 10.6 Å². The SMILES string of the molecule is CCSCCC(C)NC(=O)c1cc([N+](=O)[O-])ccc1NC. The van der Waals surface area contributed by atoms with Crippen molar-refractivity contribution in [1.29, 1.82) is 0 Å². The van der Waals surface area contributed by atoms with E-state index in [-0.39, 0.29) is 17.6 Å². The molecule has 0 aliphatic heterocycles. The van der Waals surface area contributed by atoms with Crippen molar-refractivity contribution in [1.82, 2.24) is 5.32 Å². The molecule has 0 fully saturated rings. The Labute approximate surface area is 128 Å². The molecule has 0 spiro atoms. The molecule has 0 radical (unpaired) electrons. The number of carbonyl (C=O) groups is 1. The van der Waals surface area contributed by atoms with Crippen LogP contribution in [0.25, 0.3) is 0 Å². The fourth-order valence-electron chi connectivity index (χ4n) is 1.83. The number of benzene rings is 1. The van der Waals surface area contributed by atoms with E-state index in [1.165, 1.54) is 12.1 Å². The number of carbonyl (C=O) groups excluding carboxylic acids is 1. The Balaban J connectivity index is 2.80. The smallest absolute Gasteiger partial charge is 0.270 e. The Kier molecular flexibility index (Phi) is 7.01. The summed E-state index contributed by atoms with van der Waals surface area (Å²) in [6.45, 7) is 4.03. The highest BCUT2D eigenvalue weighted by Gasteiger charge is 2.17. The number of nitro benzene ring substituents is 1. The molecule has 1 aromatic carbocycles. The van der Waals surface area contributed by atoms with Crippen molar-refractivity contribution in [2.45, 2.75) is 26.3 Å². The van der Waals surface area contributed by atoms with Gasteiger partial charge in [0.05, 0.1) is 10.5 Å². The Bertz CT molecular complexity index is 508. The van der Waals surface area contributed by atoms with Crippen LogP contribution in [-0.2, 0) is 0 Å². The summed E-state index contributed by atoms with van der Waals surface area (Å²) < 4.78 is 0. The van der Waals surface area contributed by atoms with E-state index in [0.29, 0.717) is 11.3 Å². The molecule has 1 amide bonds. The summed E-state index contributed by atoms with van der Waals surface area (Å²) in [7, 11) is 1.68. The van der Waals surface area contributed by atoms with Gasteiger partial charge in [-0.15, -0.1) is 0 Å². The van der Waals surface area contributed by atoms with Gasteiger partial charge in [-0.25, -0.2) is 0 Å². The Morgan fingerprint density at radius 1 is 1.48 bits per heavy atom. The van der Waals surface area contributed by atoms with E-state index in [4.69, 9.17) is 0 Å². The monoisotopic (exact) mass is 311 g/mol. The fraction of sp³-hybridized carbons (Fsp3) is 0.500. The number of nitrogens with one attached hydrogen (secondary N) is 2. The topological polar surface area (TPSA) is 84.3 Å².